The first-order valence-corrected chi connectivity index (χ1v) is 9.66. The van der Waals surface area contributed by atoms with E-state index in [4.69, 9.17) is 32.9 Å². The first-order valence-electron chi connectivity index (χ1n) is 8.90. The van der Waals surface area contributed by atoms with Crippen molar-refractivity contribution in [2.24, 2.45) is 0 Å². The summed E-state index contributed by atoms with van der Waals surface area (Å²) in [4.78, 5) is 9.57. The highest BCUT2D eigenvalue weighted by molar-refractivity contribution is 6.36. The standard InChI is InChI=1S/C20H23Cl2N3O/c1-4-14(9-11-26-3)25-18(5-2)24-19-16(8-10-23-20(19)25)15-7-6-13(21)12-17(15)22/h6-8,10,12,14H,4-5,9,11H2,1-3H3. The second-order valence-electron chi connectivity index (χ2n) is 6.25. The van der Waals surface area contributed by atoms with Crippen LogP contribution in [0.4, 0.5) is 0 Å². The summed E-state index contributed by atoms with van der Waals surface area (Å²) in [6.07, 6.45) is 4.59. The lowest BCUT2D eigenvalue weighted by Crippen LogP contribution is -2.14. The van der Waals surface area contributed by atoms with E-state index in [2.05, 4.69) is 23.4 Å². The minimum Gasteiger partial charge on any atom is -0.385 e. The van der Waals surface area contributed by atoms with Gasteiger partial charge >= 0.3 is 0 Å². The third-order valence-corrected chi connectivity index (χ3v) is 5.23. The van der Waals surface area contributed by atoms with Crippen molar-refractivity contribution in [2.45, 2.75) is 39.2 Å². The number of fused-ring (bicyclic) bond motifs is 1. The number of nitrogens with zero attached hydrogens (tertiary/aromatic N) is 3. The van der Waals surface area contributed by atoms with Crippen molar-refractivity contribution in [1.29, 1.82) is 0 Å². The predicted molar refractivity (Wildman–Crippen MR) is 108 cm³/mol. The van der Waals surface area contributed by atoms with Crippen LogP contribution in [0.5, 0.6) is 0 Å². The van der Waals surface area contributed by atoms with E-state index in [9.17, 15) is 0 Å². The molecule has 2 aromatic heterocycles. The van der Waals surface area contributed by atoms with Crippen LogP contribution in [-0.2, 0) is 11.2 Å². The van der Waals surface area contributed by atoms with Gasteiger partial charge in [0.15, 0.2) is 5.65 Å². The van der Waals surface area contributed by atoms with E-state index in [-0.39, 0.29) is 0 Å². The third-order valence-electron chi connectivity index (χ3n) is 4.68. The lowest BCUT2D eigenvalue weighted by Gasteiger charge is -2.19. The highest BCUT2D eigenvalue weighted by atomic mass is 35.5. The van der Waals surface area contributed by atoms with Gasteiger partial charge in [0.1, 0.15) is 11.3 Å². The monoisotopic (exact) mass is 391 g/mol. The SMILES string of the molecule is CCc1nc2c(-c3ccc(Cl)cc3Cl)ccnc2n1C(CC)CCOC. The summed E-state index contributed by atoms with van der Waals surface area (Å²) in [6.45, 7) is 5.02. The molecule has 0 fully saturated rings. The Morgan fingerprint density at radius 1 is 1.15 bits per heavy atom. The normalized spacial score (nSPS) is 12.7. The quantitative estimate of drug-likeness (QED) is 0.498. The molecule has 1 atom stereocenters. The number of rotatable bonds is 7. The predicted octanol–water partition coefficient (Wildman–Crippen LogP) is 5.96. The van der Waals surface area contributed by atoms with E-state index >= 15 is 0 Å². The van der Waals surface area contributed by atoms with Crippen LogP contribution in [0.15, 0.2) is 30.5 Å². The van der Waals surface area contributed by atoms with Crippen molar-refractivity contribution in [3.8, 4) is 11.1 Å². The Balaban J connectivity index is 2.20. The molecule has 138 valence electrons. The molecule has 3 aromatic rings. The van der Waals surface area contributed by atoms with E-state index in [0.29, 0.717) is 22.7 Å². The molecule has 1 unspecified atom stereocenters. The van der Waals surface area contributed by atoms with Crippen LogP contribution in [-0.4, -0.2) is 28.3 Å². The molecule has 0 aliphatic carbocycles. The highest BCUT2D eigenvalue weighted by Crippen LogP contribution is 2.35. The maximum Gasteiger partial charge on any atom is 0.160 e. The summed E-state index contributed by atoms with van der Waals surface area (Å²) in [7, 11) is 1.73. The Morgan fingerprint density at radius 3 is 2.62 bits per heavy atom. The summed E-state index contributed by atoms with van der Waals surface area (Å²) >= 11 is 12.5. The summed E-state index contributed by atoms with van der Waals surface area (Å²) in [5, 5.41) is 1.23. The molecule has 0 aliphatic heterocycles. The molecular weight excluding hydrogens is 369 g/mol. The lowest BCUT2D eigenvalue weighted by atomic mass is 10.1. The number of imidazole rings is 1. The van der Waals surface area contributed by atoms with Crippen LogP contribution >= 0.6 is 23.2 Å². The van der Waals surface area contributed by atoms with Gasteiger partial charge in [0.05, 0.1) is 0 Å². The number of halogens is 2. The highest BCUT2D eigenvalue weighted by Gasteiger charge is 2.21. The van der Waals surface area contributed by atoms with Crippen LogP contribution in [0.3, 0.4) is 0 Å². The Labute approximate surface area is 164 Å². The molecule has 0 amide bonds. The minimum atomic E-state index is 0.304. The molecule has 4 nitrogen and oxygen atoms in total. The largest absolute Gasteiger partial charge is 0.385 e. The number of pyridine rings is 1. The fraction of sp³-hybridized carbons (Fsp3) is 0.400. The molecule has 3 rings (SSSR count). The number of benzene rings is 1. The van der Waals surface area contributed by atoms with E-state index in [1.54, 1.807) is 13.2 Å². The zero-order valence-electron chi connectivity index (χ0n) is 15.3. The van der Waals surface area contributed by atoms with Crippen molar-refractivity contribution >= 4 is 34.4 Å². The maximum absolute atomic E-state index is 6.45. The van der Waals surface area contributed by atoms with Gasteiger partial charge in [0.2, 0.25) is 0 Å². The summed E-state index contributed by atoms with van der Waals surface area (Å²) in [5.41, 5.74) is 3.67. The average molecular weight is 392 g/mol. The molecule has 0 saturated carbocycles. The molecule has 26 heavy (non-hydrogen) atoms. The van der Waals surface area contributed by atoms with E-state index in [1.165, 1.54) is 0 Å². The molecule has 0 aliphatic rings. The summed E-state index contributed by atoms with van der Waals surface area (Å²) < 4.78 is 7.56. The number of aromatic nitrogens is 3. The van der Waals surface area contributed by atoms with E-state index in [1.807, 2.05) is 24.4 Å². The molecule has 0 saturated heterocycles. The number of ether oxygens (including phenoxy) is 1. The van der Waals surface area contributed by atoms with Gasteiger partial charge in [-0.15, -0.1) is 0 Å². The van der Waals surface area contributed by atoms with Crippen molar-refractivity contribution in [1.82, 2.24) is 14.5 Å². The van der Waals surface area contributed by atoms with Gasteiger partial charge in [0, 0.05) is 53.5 Å². The van der Waals surface area contributed by atoms with Gasteiger partial charge in [-0.3, -0.25) is 0 Å². The van der Waals surface area contributed by atoms with Crippen molar-refractivity contribution < 1.29 is 4.74 Å². The Bertz CT molecular complexity index is 907. The number of methoxy groups -OCH3 is 1. The zero-order valence-corrected chi connectivity index (χ0v) is 16.8. The molecule has 0 radical (unpaired) electrons. The van der Waals surface area contributed by atoms with Crippen LogP contribution in [0.1, 0.15) is 38.6 Å². The Hall–Kier alpha value is -1.62. The number of hydrogen-bond donors (Lipinski definition) is 0. The van der Waals surface area contributed by atoms with Crippen LogP contribution < -0.4 is 0 Å². The minimum absolute atomic E-state index is 0.304. The van der Waals surface area contributed by atoms with Crippen LogP contribution in [0.2, 0.25) is 10.0 Å². The Kier molecular flexibility index (Phi) is 6.17. The fourth-order valence-corrected chi connectivity index (χ4v) is 3.87. The molecule has 0 spiro atoms. The van der Waals surface area contributed by atoms with Gasteiger partial charge < -0.3 is 9.30 Å². The van der Waals surface area contributed by atoms with Crippen LogP contribution in [0, 0.1) is 0 Å². The molecule has 0 bridgehead atoms. The molecular formula is C20H23Cl2N3O. The molecule has 6 heteroatoms. The maximum atomic E-state index is 6.45. The molecule has 1 aromatic carbocycles. The third kappa shape index (κ3) is 3.59. The number of hydrogen-bond acceptors (Lipinski definition) is 3. The van der Waals surface area contributed by atoms with Gasteiger partial charge in [-0.25, -0.2) is 9.97 Å². The number of aryl methyl sites for hydroxylation is 1. The van der Waals surface area contributed by atoms with Crippen LogP contribution in [0.25, 0.3) is 22.3 Å². The first-order chi connectivity index (χ1) is 12.6. The summed E-state index contributed by atoms with van der Waals surface area (Å²) in [5.74, 6) is 1.04. The van der Waals surface area contributed by atoms with Gasteiger partial charge in [0.25, 0.3) is 0 Å². The zero-order chi connectivity index (χ0) is 18.7. The summed E-state index contributed by atoms with van der Waals surface area (Å²) in [6, 6.07) is 7.81. The van der Waals surface area contributed by atoms with Gasteiger partial charge in [-0.1, -0.05) is 43.1 Å². The Morgan fingerprint density at radius 2 is 1.96 bits per heavy atom. The average Bonchev–Trinajstić information content (AvgIpc) is 3.01. The second kappa shape index (κ2) is 8.38. The first kappa shape index (κ1) is 19.2. The second-order valence-corrected chi connectivity index (χ2v) is 7.09. The van der Waals surface area contributed by atoms with Crippen molar-refractivity contribution in [3.05, 3.63) is 46.3 Å². The fourth-order valence-electron chi connectivity index (χ4n) is 3.36. The van der Waals surface area contributed by atoms with E-state index < -0.39 is 0 Å². The van der Waals surface area contributed by atoms with Crippen molar-refractivity contribution in [2.75, 3.05) is 13.7 Å². The molecule has 2 heterocycles. The smallest absolute Gasteiger partial charge is 0.160 e. The lowest BCUT2D eigenvalue weighted by molar-refractivity contribution is 0.177. The van der Waals surface area contributed by atoms with Crippen molar-refractivity contribution in [3.63, 3.8) is 0 Å². The topological polar surface area (TPSA) is 39.9 Å². The van der Waals surface area contributed by atoms with E-state index in [0.717, 1.165) is 47.4 Å². The molecule has 0 N–H and O–H groups in total. The van der Waals surface area contributed by atoms with Gasteiger partial charge in [-0.05, 0) is 31.0 Å². The van der Waals surface area contributed by atoms with Gasteiger partial charge in [-0.2, -0.15) is 0 Å².